The molecule has 0 aliphatic carbocycles. The highest BCUT2D eigenvalue weighted by Crippen LogP contribution is 2.35. The molecule has 25 heavy (non-hydrogen) atoms. The van der Waals surface area contributed by atoms with Crippen molar-refractivity contribution in [2.75, 3.05) is 31.6 Å². The van der Waals surface area contributed by atoms with E-state index in [1.807, 2.05) is 0 Å². The fourth-order valence-corrected chi connectivity index (χ4v) is 2.65. The summed E-state index contributed by atoms with van der Waals surface area (Å²) in [6.07, 6.45) is 0.930. The van der Waals surface area contributed by atoms with Gasteiger partial charge in [-0.2, -0.15) is 0 Å². The highest BCUT2D eigenvalue weighted by Gasteiger charge is 2.21. The first-order valence-corrected chi connectivity index (χ1v) is 10.3. The van der Waals surface area contributed by atoms with E-state index in [-0.39, 0.29) is 19.0 Å². The maximum absolute atomic E-state index is 10.9. The van der Waals surface area contributed by atoms with Crippen LogP contribution in [-0.4, -0.2) is 65.0 Å². The maximum atomic E-state index is 10.9. The SMILES string of the molecule is Nc1ncnc2c1ncn2C(COCP(=O)(O)O)COCP(=O)(O)O. The van der Waals surface area contributed by atoms with Crippen LogP contribution in [-0.2, 0) is 18.6 Å². The number of hydrogen-bond acceptors (Lipinski definition) is 8. The minimum Gasteiger partial charge on any atom is -0.382 e. The highest BCUT2D eigenvalue weighted by molar-refractivity contribution is 7.51. The Morgan fingerprint density at radius 1 is 1.04 bits per heavy atom. The van der Waals surface area contributed by atoms with Gasteiger partial charge in [0.25, 0.3) is 0 Å². The van der Waals surface area contributed by atoms with Crippen molar-refractivity contribution in [1.82, 2.24) is 19.5 Å². The molecule has 13 nitrogen and oxygen atoms in total. The molecule has 0 bridgehead atoms. The molecule has 2 aromatic rings. The van der Waals surface area contributed by atoms with E-state index in [0.29, 0.717) is 11.2 Å². The predicted octanol–water partition coefficient (Wildman–Crippen LogP) is -0.747. The molecule has 6 N–H and O–H groups in total. The Bertz CT molecular complexity index is 789. The molecule has 0 radical (unpaired) electrons. The minimum atomic E-state index is -4.37. The third-order valence-electron chi connectivity index (χ3n) is 2.92. The van der Waals surface area contributed by atoms with Crippen LogP contribution in [0.2, 0.25) is 0 Å². The van der Waals surface area contributed by atoms with E-state index >= 15 is 0 Å². The molecule has 0 aromatic carbocycles. The van der Waals surface area contributed by atoms with Gasteiger partial charge in [0.2, 0.25) is 0 Å². The standard InChI is InChI=1S/C10H17N5O8P2/c11-9-8-10(13-3-12-9)15(4-14-8)7(1-22-5-24(16,17)18)2-23-6-25(19,20)21/h3-4,7H,1-2,5-6H2,(H2,11,12,13)(H2,16,17,18)(H2,19,20,21). The summed E-state index contributed by atoms with van der Waals surface area (Å²) in [6.45, 7) is -0.441. The van der Waals surface area contributed by atoms with Crippen molar-refractivity contribution in [2.45, 2.75) is 6.04 Å². The third-order valence-corrected chi connectivity index (χ3v) is 3.96. The van der Waals surface area contributed by atoms with Gasteiger partial charge in [-0.1, -0.05) is 0 Å². The van der Waals surface area contributed by atoms with Crippen LogP contribution in [0.1, 0.15) is 6.04 Å². The lowest BCUT2D eigenvalue weighted by Crippen LogP contribution is -2.21. The largest absolute Gasteiger partial charge is 0.382 e. The molecule has 15 heteroatoms. The zero-order valence-corrected chi connectivity index (χ0v) is 14.5. The van der Waals surface area contributed by atoms with Crippen LogP contribution >= 0.6 is 15.2 Å². The van der Waals surface area contributed by atoms with E-state index in [9.17, 15) is 9.13 Å². The number of rotatable bonds is 9. The minimum absolute atomic E-state index is 0.134. The number of nitrogen functional groups attached to an aromatic ring is 1. The molecule has 0 saturated heterocycles. The molecule has 0 fully saturated rings. The van der Waals surface area contributed by atoms with E-state index in [1.54, 1.807) is 0 Å². The molecular weight excluding hydrogens is 380 g/mol. The van der Waals surface area contributed by atoms with E-state index in [4.69, 9.17) is 34.8 Å². The molecule has 0 aliphatic heterocycles. The van der Waals surface area contributed by atoms with Crippen LogP contribution in [0.4, 0.5) is 5.82 Å². The van der Waals surface area contributed by atoms with Crippen molar-refractivity contribution in [3.05, 3.63) is 12.7 Å². The second-order valence-electron chi connectivity index (χ2n) is 5.07. The summed E-state index contributed by atoms with van der Waals surface area (Å²) in [7, 11) is -8.73. The number of hydrogen-bond donors (Lipinski definition) is 5. The average Bonchev–Trinajstić information content (AvgIpc) is 2.88. The molecule has 140 valence electrons. The van der Waals surface area contributed by atoms with Crippen molar-refractivity contribution in [2.24, 2.45) is 0 Å². The Morgan fingerprint density at radius 3 is 2.12 bits per heavy atom. The number of aromatic nitrogens is 4. The number of nitrogens with zero attached hydrogens (tertiary/aromatic N) is 4. The normalized spacial score (nSPS) is 13.0. The molecule has 0 atom stereocenters. The zero-order valence-electron chi connectivity index (χ0n) is 12.7. The van der Waals surface area contributed by atoms with Crippen molar-refractivity contribution in [3.8, 4) is 0 Å². The van der Waals surface area contributed by atoms with E-state index < -0.39 is 33.9 Å². The summed E-state index contributed by atoms with van der Waals surface area (Å²) >= 11 is 0. The highest BCUT2D eigenvalue weighted by atomic mass is 31.2. The van der Waals surface area contributed by atoms with Crippen molar-refractivity contribution in [1.29, 1.82) is 0 Å². The predicted molar refractivity (Wildman–Crippen MR) is 84.5 cm³/mol. The second-order valence-corrected chi connectivity index (χ2v) is 8.24. The van der Waals surface area contributed by atoms with E-state index in [0.717, 1.165) is 0 Å². The third kappa shape index (κ3) is 6.10. The number of nitrogens with two attached hydrogens (primary N) is 1. The van der Waals surface area contributed by atoms with Gasteiger partial charge in [-0.25, -0.2) is 15.0 Å². The first-order valence-electron chi connectivity index (χ1n) is 6.74. The quantitative estimate of drug-likeness (QED) is 0.332. The fraction of sp³-hybridized carbons (Fsp3) is 0.500. The van der Waals surface area contributed by atoms with E-state index in [2.05, 4.69) is 15.0 Å². The topological polar surface area (TPSA) is 203 Å². The summed E-state index contributed by atoms with van der Waals surface area (Å²) in [5.41, 5.74) is 6.31. The van der Waals surface area contributed by atoms with Crippen molar-refractivity contribution in [3.63, 3.8) is 0 Å². The summed E-state index contributed by atoms with van der Waals surface area (Å²) in [5.74, 6) is 0.134. The lowest BCUT2D eigenvalue weighted by atomic mass is 10.3. The summed E-state index contributed by atoms with van der Waals surface area (Å²) in [6, 6.07) is -0.711. The second kappa shape index (κ2) is 7.85. The molecule has 2 heterocycles. The van der Waals surface area contributed by atoms with Gasteiger partial charge < -0.3 is 39.3 Å². The Balaban J connectivity index is 2.18. The average molecular weight is 397 g/mol. The zero-order chi connectivity index (χ0) is 18.7. The van der Waals surface area contributed by atoms with Crippen molar-refractivity contribution < 1.29 is 38.2 Å². The first-order chi connectivity index (χ1) is 11.6. The van der Waals surface area contributed by atoms with Gasteiger partial charge in [0, 0.05) is 0 Å². The van der Waals surface area contributed by atoms with Gasteiger partial charge in [0.15, 0.2) is 11.5 Å². The van der Waals surface area contributed by atoms with Gasteiger partial charge >= 0.3 is 15.2 Å². The van der Waals surface area contributed by atoms with Crippen LogP contribution in [0, 0.1) is 0 Å². The fourth-order valence-electron chi connectivity index (χ4n) is 1.96. The number of fused-ring (bicyclic) bond motifs is 1. The summed E-state index contributed by atoms with van der Waals surface area (Å²) in [5, 5.41) is 0. The van der Waals surface area contributed by atoms with Crippen LogP contribution in [0.3, 0.4) is 0 Å². The smallest absolute Gasteiger partial charge is 0.350 e. The van der Waals surface area contributed by atoms with Gasteiger partial charge in [-0.05, 0) is 0 Å². The summed E-state index contributed by atoms with van der Waals surface area (Å²) < 4.78 is 33.2. The van der Waals surface area contributed by atoms with Crippen LogP contribution in [0.15, 0.2) is 12.7 Å². The van der Waals surface area contributed by atoms with Gasteiger partial charge in [0.05, 0.1) is 25.6 Å². The molecule has 0 amide bonds. The van der Waals surface area contributed by atoms with Gasteiger partial charge in [-0.3, -0.25) is 9.13 Å². The lowest BCUT2D eigenvalue weighted by molar-refractivity contribution is 0.0655. The van der Waals surface area contributed by atoms with Crippen LogP contribution in [0.5, 0.6) is 0 Å². The Morgan fingerprint density at radius 2 is 1.60 bits per heavy atom. The van der Waals surface area contributed by atoms with Gasteiger partial charge in [-0.15, -0.1) is 0 Å². The number of ether oxygens (including phenoxy) is 2. The molecule has 2 aromatic heterocycles. The molecule has 0 saturated carbocycles. The molecule has 2 rings (SSSR count). The molecular formula is C10H17N5O8P2. The molecule has 0 spiro atoms. The Hall–Kier alpha value is -1.43. The Kier molecular flexibility index (Phi) is 6.25. The van der Waals surface area contributed by atoms with Gasteiger partial charge in [0.1, 0.15) is 24.5 Å². The molecule has 0 aliphatic rings. The van der Waals surface area contributed by atoms with Crippen molar-refractivity contribution >= 4 is 32.2 Å². The number of imidazole rings is 1. The lowest BCUT2D eigenvalue weighted by Gasteiger charge is -2.19. The molecule has 0 unspecified atom stereocenters. The first kappa shape index (κ1) is 19.9. The van der Waals surface area contributed by atoms with Crippen LogP contribution < -0.4 is 5.73 Å². The monoisotopic (exact) mass is 397 g/mol. The number of anilines is 1. The Labute approximate surface area is 141 Å². The summed E-state index contributed by atoms with van der Waals surface area (Å²) in [4.78, 5) is 47.3. The maximum Gasteiger partial charge on any atom is 0.350 e. The van der Waals surface area contributed by atoms with E-state index in [1.165, 1.54) is 17.2 Å². The van der Waals surface area contributed by atoms with Crippen LogP contribution in [0.25, 0.3) is 11.2 Å².